The fraction of sp³-hybridized carbons (Fsp3) is 0.538. The van der Waals surface area contributed by atoms with E-state index >= 15 is 0 Å². The molecule has 0 aliphatic carbocycles. The van der Waals surface area contributed by atoms with Gasteiger partial charge in [0.2, 0.25) is 0 Å². The monoisotopic (exact) mass is 571 g/mol. The third kappa shape index (κ3) is 10.9. The molecule has 0 unspecified atom stereocenters. The Balaban J connectivity index is 0.00000145. The third-order valence-corrected chi connectivity index (χ3v) is 5.40. The van der Waals surface area contributed by atoms with E-state index in [2.05, 4.69) is 0 Å². The van der Waals surface area contributed by atoms with Crippen molar-refractivity contribution in [2.45, 2.75) is 64.5 Å². The molecule has 1 aliphatic heterocycles. The van der Waals surface area contributed by atoms with Gasteiger partial charge < -0.3 is 25.1 Å². The predicted molar refractivity (Wildman–Crippen MR) is 126 cm³/mol. The molecule has 5 nitrogen and oxygen atoms in total. The molecular formula is C26H35F3NO4Y-. The van der Waals surface area contributed by atoms with Gasteiger partial charge in [-0.15, -0.1) is 0 Å². The maximum atomic E-state index is 13.6. The summed E-state index contributed by atoms with van der Waals surface area (Å²) >= 11 is 0. The molecular weight excluding hydrogens is 536 g/mol. The van der Waals surface area contributed by atoms with Crippen LogP contribution in [-0.4, -0.2) is 42.9 Å². The second kappa shape index (κ2) is 14.1. The minimum Gasteiger partial charge on any atom is -0.668 e. The molecule has 0 aromatic heterocycles. The molecule has 1 radical (unpaired) electrons. The molecule has 0 saturated carbocycles. The molecule has 0 bridgehead atoms. The van der Waals surface area contributed by atoms with Crippen molar-refractivity contribution in [1.82, 2.24) is 0 Å². The summed E-state index contributed by atoms with van der Waals surface area (Å²) in [5, 5.41) is 7.57. The van der Waals surface area contributed by atoms with Crippen molar-refractivity contribution in [3.05, 3.63) is 70.5 Å². The number of aryl methyl sites for hydroxylation is 2. The fourth-order valence-electron chi connectivity index (χ4n) is 3.35. The molecule has 9 heteroatoms. The van der Waals surface area contributed by atoms with E-state index in [0.717, 1.165) is 17.2 Å². The van der Waals surface area contributed by atoms with E-state index in [9.17, 15) is 13.2 Å². The van der Waals surface area contributed by atoms with Crippen molar-refractivity contribution < 1.29 is 65.2 Å². The van der Waals surface area contributed by atoms with Crippen LogP contribution in [0.15, 0.2) is 42.5 Å². The average molecular weight is 571 g/mol. The Labute approximate surface area is 231 Å². The standard InChI is InChI=1S/C24H29F3NO3.C2H6O.Y/c1-17-4-6-18(7-5-17)11-13-29-21-9-8-19(14-20(21)24(25,26)27)10-12-23(28)15-30-22(2,3)31-16-23;1-2-3;/h4-9,14,28H,10-13,15-16H2,1-3H3;3H,2H2,1H3;/q-1;;. The summed E-state index contributed by atoms with van der Waals surface area (Å²) in [4.78, 5) is 0. The Bertz CT molecular complexity index is 894. The quantitative estimate of drug-likeness (QED) is 0.434. The van der Waals surface area contributed by atoms with E-state index in [1.807, 2.05) is 31.2 Å². The summed E-state index contributed by atoms with van der Waals surface area (Å²) in [5.41, 5.74) is 9.34. The normalized spacial score (nSPS) is 16.5. The Morgan fingerprint density at radius 1 is 1.00 bits per heavy atom. The SMILES string of the molecule is CCO.Cc1ccc(CCOc2ccc(CCC3([NH-])COC(C)(C)OC3)cc2C(F)(F)F)cc1.[Y]. The van der Waals surface area contributed by atoms with Crippen LogP contribution in [0, 0.1) is 6.92 Å². The van der Waals surface area contributed by atoms with Crippen LogP contribution in [0.5, 0.6) is 5.75 Å². The number of ether oxygens (including phenoxy) is 3. The van der Waals surface area contributed by atoms with Gasteiger partial charge in [-0.3, -0.25) is 0 Å². The largest absolute Gasteiger partial charge is 0.668 e. The number of halogens is 3. The first kappa shape index (κ1) is 32.0. The van der Waals surface area contributed by atoms with Crippen LogP contribution < -0.4 is 4.74 Å². The summed E-state index contributed by atoms with van der Waals surface area (Å²) < 4.78 is 57.4. The first-order valence-electron chi connectivity index (χ1n) is 11.4. The van der Waals surface area contributed by atoms with Crippen molar-refractivity contribution in [2.75, 3.05) is 26.4 Å². The zero-order chi connectivity index (χ0) is 25.4. The maximum absolute atomic E-state index is 13.6. The molecule has 193 valence electrons. The molecule has 1 fully saturated rings. The van der Waals surface area contributed by atoms with Crippen molar-refractivity contribution in [1.29, 1.82) is 0 Å². The first-order chi connectivity index (χ1) is 15.9. The number of benzene rings is 2. The maximum Gasteiger partial charge on any atom is 0.419 e. The topological polar surface area (TPSA) is 71.7 Å². The molecule has 0 spiro atoms. The van der Waals surface area contributed by atoms with Crippen LogP contribution in [0.3, 0.4) is 0 Å². The van der Waals surface area contributed by atoms with E-state index in [4.69, 9.17) is 25.1 Å². The predicted octanol–water partition coefficient (Wildman–Crippen LogP) is 6.14. The Hall–Kier alpha value is -1.03. The number of aliphatic hydroxyl groups excluding tert-OH is 1. The average Bonchev–Trinajstić information content (AvgIpc) is 2.77. The van der Waals surface area contributed by atoms with Crippen molar-refractivity contribution in [2.24, 2.45) is 0 Å². The molecule has 2 aromatic rings. The molecule has 0 atom stereocenters. The van der Waals surface area contributed by atoms with Crippen LogP contribution in [0.25, 0.3) is 5.73 Å². The van der Waals surface area contributed by atoms with E-state index in [1.54, 1.807) is 26.8 Å². The summed E-state index contributed by atoms with van der Waals surface area (Å²) in [6, 6.07) is 12.0. The van der Waals surface area contributed by atoms with Crippen LogP contribution in [0.2, 0.25) is 0 Å². The summed E-state index contributed by atoms with van der Waals surface area (Å²) in [6.07, 6.45) is -3.33. The van der Waals surface area contributed by atoms with Gasteiger partial charge in [-0.05, 0) is 57.4 Å². The van der Waals surface area contributed by atoms with E-state index in [0.29, 0.717) is 24.8 Å². The number of hydrogen-bond donors (Lipinski definition) is 1. The fourth-order valence-corrected chi connectivity index (χ4v) is 3.35. The van der Waals surface area contributed by atoms with Gasteiger partial charge in [-0.2, -0.15) is 13.2 Å². The summed E-state index contributed by atoms with van der Waals surface area (Å²) in [6.45, 7) is 8.00. The van der Waals surface area contributed by atoms with Gasteiger partial charge in [0.1, 0.15) is 5.75 Å². The number of rotatable bonds is 7. The summed E-state index contributed by atoms with van der Waals surface area (Å²) in [7, 11) is 0. The van der Waals surface area contributed by atoms with E-state index in [1.165, 1.54) is 6.07 Å². The second-order valence-corrected chi connectivity index (χ2v) is 8.99. The zero-order valence-electron chi connectivity index (χ0n) is 20.9. The summed E-state index contributed by atoms with van der Waals surface area (Å²) in [5.74, 6) is -0.902. The van der Waals surface area contributed by atoms with Crippen molar-refractivity contribution >= 4 is 0 Å². The van der Waals surface area contributed by atoms with Gasteiger partial charge in [0, 0.05) is 59.0 Å². The minimum atomic E-state index is -4.52. The van der Waals surface area contributed by atoms with Gasteiger partial charge in [-0.25, -0.2) is 0 Å². The van der Waals surface area contributed by atoms with Gasteiger partial charge in [-0.1, -0.05) is 47.9 Å². The van der Waals surface area contributed by atoms with Crippen LogP contribution in [-0.2, 0) is 61.2 Å². The van der Waals surface area contributed by atoms with Crippen molar-refractivity contribution in [3.63, 3.8) is 0 Å². The molecule has 3 rings (SSSR count). The van der Waals surface area contributed by atoms with Gasteiger partial charge in [0.15, 0.2) is 5.79 Å². The first-order valence-corrected chi connectivity index (χ1v) is 11.4. The van der Waals surface area contributed by atoms with Crippen LogP contribution >= 0.6 is 0 Å². The molecule has 1 aliphatic rings. The van der Waals surface area contributed by atoms with Crippen LogP contribution in [0.1, 0.15) is 49.4 Å². The Kier molecular flexibility index (Phi) is 12.9. The number of hydrogen-bond acceptors (Lipinski definition) is 4. The van der Waals surface area contributed by atoms with Gasteiger partial charge in [0.05, 0.1) is 12.2 Å². The Morgan fingerprint density at radius 2 is 1.54 bits per heavy atom. The minimum absolute atomic E-state index is 0. The molecule has 1 heterocycles. The molecule has 2 N–H and O–H groups in total. The number of nitrogens with one attached hydrogen (secondary N) is 1. The molecule has 2 aromatic carbocycles. The third-order valence-electron chi connectivity index (χ3n) is 5.40. The van der Waals surface area contributed by atoms with Crippen LogP contribution in [0.4, 0.5) is 13.2 Å². The van der Waals surface area contributed by atoms with Gasteiger partial charge >= 0.3 is 6.18 Å². The van der Waals surface area contributed by atoms with E-state index in [-0.39, 0.29) is 64.9 Å². The van der Waals surface area contributed by atoms with E-state index < -0.39 is 23.1 Å². The smallest absolute Gasteiger partial charge is 0.419 e. The molecule has 35 heavy (non-hydrogen) atoms. The van der Waals surface area contributed by atoms with Gasteiger partial charge in [0.25, 0.3) is 0 Å². The zero-order valence-corrected chi connectivity index (χ0v) is 23.7. The molecule has 1 saturated heterocycles. The number of aliphatic hydroxyl groups is 1. The Morgan fingerprint density at radius 3 is 2.09 bits per heavy atom. The molecule has 0 amide bonds. The second-order valence-electron chi connectivity index (χ2n) is 8.99. The number of alkyl halides is 3. The van der Waals surface area contributed by atoms with Crippen molar-refractivity contribution in [3.8, 4) is 5.75 Å².